The Morgan fingerprint density at radius 3 is 2.78 bits per heavy atom. The normalized spacial score (nSPS) is 12.9. The van der Waals surface area contributed by atoms with E-state index >= 15 is 0 Å². The number of carbonyl (C=O) groups excluding carboxylic acids is 1. The molecule has 5 nitrogen and oxygen atoms in total. The molecule has 0 fully saturated rings. The van der Waals surface area contributed by atoms with E-state index in [-0.39, 0.29) is 30.3 Å². The van der Waals surface area contributed by atoms with Crippen LogP contribution in [0.4, 0.5) is 0 Å². The van der Waals surface area contributed by atoms with Crippen molar-refractivity contribution in [2.45, 2.75) is 19.9 Å². The van der Waals surface area contributed by atoms with Gasteiger partial charge in [-0.1, -0.05) is 26.0 Å². The number of rotatable bonds is 4. The topological polar surface area (TPSA) is 78.0 Å². The molecule has 0 saturated heterocycles. The molecule has 3 N–H and O–H groups in total. The Morgan fingerprint density at radius 2 is 2.17 bits per heavy atom. The van der Waals surface area contributed by atoms with Crippen molar-refractivity contribution in [1.82, 2.24) is 15.3 Å². The number of aromatic nitrogens is 2. The number of aliphatic hydroxyl groups is 1. The summed E-state index contributed by atoms with van der Waals surface area (Å²) >= 11 is 0. The van der Waals surface area contributed by atoms with E-state index in [1.54, 1.807) is 0 Å². The van der Waals surface area contributed by atoms with Gasteiger partial charge in [0, 0.05) is 0 Å². The quantitative estimate of drug-likeness (QED) is 0.762. The van der Waals surface area contributed by atoms with Crippen molar-refractivity contribution in [2.75, 3.05) is 6.61 Å². The molecule has 1 amide bonds. The Labute approximate surface area is 105 Å². The number of para-hydroxylation sites is 2. The van der Waals surface area contributed by atoms with Gasteiger partial charge < -0.3 is 15.4 Å². The largest absolute Gasteiger partial charge is 0.394 e. The molecule has 0 bridgehead atoms. The molecule has 96 valence electrons. The molecule has 18 heavy (non-hydrogen) atoms. The summed E-state index contributed by atoms with van der Waals surface area (Å²) < 4.78 is 0. The van der Waals surface area contributed by atoms with Crippen molar-refractivity contribution in [2.24, 2.45) is 5.92 Å². The molecule has 0 aliphatic carbocycles. The molecule has 0 spiro atoms. The van der Waals surface area contributed by atoms with E-state index in [1.807, 2.05) is 38.1 Å². The molecule has 1 atom stereocenters. The van der Waals surface area contributed by atoms with E-state index in [0.29, 0.717) is 0 Å². The fourth-order valence-electron chi connectivity index (χ4n) is 1.72. The van der Waals surface area contributed by atoms with Crippen molar-refractivity contribution in [3.8, 4) is 0 Å². The summed E-state index contributed by atoms with van der Waals surface area (Å²) in [4.78, 5) is 19.1. The van der Waals surface area contributed by atoms with Crippen LogP contribution in [0.1, 0.15) is 24.5 Å². The Balaban J connectivity index is 2.18. The van der Waals surface area contributed by atoms with Gasteiger partial charge in [0.1, 0.15) is 0 Å². The predicted octanol–water partition coefficient (Wildman–Crippen LogP) is 1.31. The first kappa shape index (κ1) is 12.6. The lowest BCUT2D eigenvalue weighted by Gasteiger charge is -2.18. The SMILES string of the molecule is CC(C)C(CO)NC(=O)c1nc2ccccc2[nH]1. The first-order chi connectivity index (χ1) is 8.61. The number of benzene rings is 1. The van der Waals surface area contributed by atoms with E-state index in [9.17, 15) is 9.90 Å². The van der Waals surface area contributed by atoms with Gasteiger partial charge in [-0.25, -0.2) is 4.98 Å². The van der Waals surface area contributed by atoms with Crippen LogP contribution >= 0.6 is 0 Å². The van der Waals surface area contributed by atoms with Gasteiger partial charge in [0.2, 0.25) is 0 Å². The third-order valence-corrected chi connectivity index (χ3v) is 2.92. The maximum atomic E-state index is 12.0. The summed E-state index contributed by atoms with van der Waals surface area (Å²) in [6.45, 7) is 3.81. The van der Waals surface area contributed by atoms with Gasteiger partial charge in [0.15, 0.2) is 5.82 Å². The zero-order valence-electron chi connectivity index (χ0n) is 10.5. The number of nitrogens with zero attached hydrogens (tertiary/aromatic N) is 1. The second kappa shape index (κ2) is 5.18. The van der Waals surface area contributed by atoms with Crippen LogP contribution in [0.3, 0.4) is 0 Å². The van der Waals surface area contributed by atoms with Gasteiger partial charge in [-0.2, -0.15) is 0 Å². The number of hydrogen-bond acceptors (Lipinski definition) is 3. The van der Waals surface area contributed by atoms with Gasteiger partial charge in [-0.3, -0.25) is 4.79 Å². The molecule has 1 heterocycles. The molecule has 1 aromatic heterocycles. The van der Waals surface area contributed by atoms with E-state index in [4.69, 9.17) is 0 Å². The smallest absolute Gasteiger partial charge is 0.287 e. The molecule has 0 aliphatic heterocycles. The second-order valence-corrected chi connectivity index (χ2v) is 4.61. The number of H-pyrrole nitrogens is 1. The Hall–Kier alpha value is -1.88. The number of carbonyl (C=O) groups is 1. The van der Waals surface area contributed by atoms with Crippen LogP contribution in [-0.2, 0) is 0 Å². The van der Waals surface area contributed by atoms with Crippen LogP contribution in [0.5, 0.6) is 0 Å². The zero-order valence-corrected chi connectivity index (χ0v) is 10.5. The summed E-state index contributed by atoms with van der Waals surface area (Å²) in [5.74, 6) is 0.151. The highest BCUT2D eigenvalue weighted by Gasteiger charge is 2.18. The number of aromatic amines is 1. The molecule has 0 saturated carbocycles. The van der Waals surface area contributed by atoms with Crippen molar-refractivity contribution in [3.63, 3.8) is 0 Å². The van der Waals surface area contributed by atoms with Gasteiger partial charge in [-0.15, -0.1) is 0 Å². The average molecular weight is 247 g/mol. The van der Waals surface area contributed by atoms with Crippen LogP contribution in [0, 0.1) is 5.92 Å². The fourth-order valence-corrected chi connectivity index (χ4v) is 1.72. The van der Waals surface area contributed by atoms with Gasteiger partial charge in [0.25, 0.3) is 5.91 Å². The molecule has 1 unspecified atom stereocenters. The number of imidazole rings is 1. The van der Waals surface area contributed by atoms with Crippen molar-refractivity contribution in [3.05, 3.63) is 30.1 Å². The summed E-state index contributed by atoms with van der Waals surface area (Å²) in [6, 6.07) is 7.20. The number of nitrogens with one attached hydrogen (secondary N) is 2. The maximum Gasteiger partial charge on any atom is 0.287 e. The lowest BCUT2D eigenvalue weighted by molar-refractivity contribution is 0.0887. The Bertz CT molecular complexity index is 515. The first-order valence-corrected chi connectivity index (χ1v) is 5.98. The molecule has 2 aromatic rings. The highest BCUT2D eigenvalue weighted by atomic mass is 16.3. The number of aliphatic hydroxyl groups excluding tert-OH is 1. The van der Waals surface area contributed by atoms with E-state index < -0.39 is 0 Å². The van der Waals surface area contributed by atoms with E-state index in [2.05, 4.69) is 15.3 Å². The molecule has 0 aliphatic rings. The van der Waals surface area contributed by atoms with Crippen molar-refractivity contribution < 1.29 is 9.90 Å². The third-order valence-electron chi connectivity index (χ3n) is 2.92. The summed E-state index contributed by atoms with van der Waals surface area (Å²) in [7, 11) is 0. The fraction of sp³-hybridized carbons (Fsp3) is 0.385. The van der Waals surface area contributed by atoms with Crippen LogP contribution in [-0.4, -0.2) is 33.6 Å². The van der Waals surface area contributed by atoms with Crippen LogP contribution < -0.4 is 5.32 Å². The molecule has 2 rings (SSSR count). The summed E-state index contributed by atoms with van der Waals surface area (Å²) in [5, 5.41) is 11.9. The third kappa shape index (κ3) is 2.51. The van der Waals surface area contributed by atoms with Crippen LogP contribution in [0.2, 0.25) is 0 Å². The van der Waals surface area contributed by atoms with Crippen molar-refractivity contribution >= 4 is 16.9 Å². The van der Waals surface area contributed by atoms with Gasteiger partial charge in [0.05, 0.1) is 23.7 Å². The monoisotopic (exact) mass is 247 g/mol. The van der Waals surface area contributed by atoms with Crippen LogP contribution in [0.25, 0.3) is 11.0 Å². The Morgan fingerprint density at radius 1 is 1.44 bits per heavy atom. The molecule has 1 aromatic carbocycles. The summed E-state index contributed by atoms with van der Waals surface area (Å²) in [6.07, 6.45) is 0. The first-order valence-electron chi connectivity index (χ1n) is 5.98. The lowest BCUT2D eigenvalue weighted by atomic mass is 10.1. The standard InChI is InChI=1S/C13H17N3O2/c1-8(2)11(7-17)16-13(18)12-14-9-5-3-4-6-10(9)15-12/h3-6,8,11,17H,7H2,1-2H3,(H,14,15)(H,16,18). The average Bonchev–Trinajstić information content (AvgIpc) is 2.79. The minimum atomic E-state index is -0.293. The minimum Gasteiger partial charge on any atom is -0.394 e. The van der Waals surface area contributed by atoms with Crippen molar-refractivity contribution in [1.29, 1.82) is 0 Å². The van der Waals surface area contributed by atoms with E-state index in [1.165, 1.54) is 0 Å². The zero-order chi connectivity index (χ0) is 13.1. The molecular weight excluding hydrogens is 230 g/mol. The number of amides is 1. The highest BCUT2D eigenvalue weighted by Crippen LogP contribution is 2.10. The van der Waals surface area contributed by atoms with Gasteiger partial charge in [-0.05, 0) is 18.1 Å². The predicted molar refractivity (Wildman–Crippen MR) is 69.3 cm³/mol. The Kier molecular flexibility index (Phi) is 3.62. The second-order valence-electron chi connectivity index (χ2n) is 4.61. The van der Waals surface area contributed by atoms with E-state index in [0.717, 1.165) is 11.0 Å². The highest BCUT2D eigenvalue weighted by molar-refractivity contribution is 5.94. The van der Waals surface area contributed by atoms with Gasteiger partial charge >= 0.3 is 0 Å². The minimum absolute atomic E-state index is 0.0797. The lowest BCUT2D eigenvalue weighted by Crippen LogP contribution is -2.41. The molecular formula is C13H17N3O2. The number of fused-ring (bicyclic) bond motifs is 1. The summed E-state index contributed by atoms with van der Waals surface area (Å²) in [5.41, 5.74) is 1.58. The van der Waals surface area contributed by atoms with Crippen LogP contribution in [0.15, 0.2) is 24.3 Å². The maximum absolute atomic E-state index is 12.0. The molecule has 5 heteroatoms. The molecule has 0 radical (unpaired) electrons. The number of hydrogen-bond donors (Lipinski definition) is 3.